The zero-order valence-corrected chi connectivity index (χ0v) is 17.9. The third kappa shape index (κ3) is 4.92. The number of thioether (sulfide) groups is 1. The summed E-state index contributed by atoms with van der Waals surface area (Å²) in [4.78, 5) is 13.4. The predicted molar refractivity (Wildman–Crippen MR) is 117 cm³/mol. The fourth-order valence-electron chi connectivity index (χ4n) is 2.83. The predicted octanol–water partition coefficient (Wildman–Crippen LogP) is 4.07. The Labute approximate surface area is 182 Å². The third-order valence-corrected chi connectivity index (χ3v) is 6.17. The topological polar surface area (TPSA) is 82.2 Å². The average molecular weight is 441 g/mol. The van der Waals surface area contributed by atoms with Crippen molar-refractivity contribution in [3.63, 3.8) is 0 Å². The highest BCUT2D eigenvalue weighted by Crippen LogP contribution is 2.26. The maximum absolute atomic E-state index is 12.3. The Morgan fingerprint density at radius 1 is 1.20 bits per heavy atom. The molecule has 1 aromatic carbocycles. The Hall–Kier alpha value is -3.04. The lowest BCUT2D eigenvalue weighted by atomic mass is 10.2. The van der Waals surface area contributed by atoms with E-state index in [2.05, 4.69) is 15.5 Å². The van der Waals surface area contributed by atoms with Crippen LogP contribution in [0, 0.1) is 0 Å². The molecule has 3 heterocycles. The molecule has 0 radical (unpaired) electrons. The van der Waals surface area contributed by atoms with Crippen molar-refractivity contribution in [2.75, 3.05) is 12.9 Å². The van der Waals surface area contributed by atoms with E-state index in [-0.39, 0.29) is 11.7 Å². The highest BCUT2D eigenvalue weighted by Gasteiger charge is 2.17. The molecule has 30 heavy (non-hydrogen) atoms. The number of thiophene rings is 1. The van der Waals surface area contributed by atoms with Gasteiger partial charge in [-0.1, -0.05) is 17.8 Å². The maximum Gasteiger partial charge on any atom is 0.230 e. The minimum absolute atomic E-state index is 0.0491. The molecule has 0 atom stereocenters. The number of rotatable bonds is 9. The molecule has 1 N–H and O–H groups in total. The minimum atomic E-state index is -0.0491. The number of hydrogen-bond acceptors (Lipinski definition) is 7. The first-order chi connectivity index (χ1) is 14.7. The Morgan fingerprint density at radius 3 is 2.77 bits per heavy atom. The van der Waals surface area contributed by atoms with Gasteiger partial charge in [-0.2, -0.15) is 0 Å². The van der Waals surface area contributed by atoms with Crippen LogP contribution in [0.1, 0.15) is 10.6 Å². The van der Waals surface area contributed by atoms with Gasteiger partial charge in [0.1, 0.15) is 11.5 Å². The Kier molecular flexibility index (Phi) is 6.50. The molecule has 0 aliphatic rings. The van der Waals surface area contributed by atoms with Crippen molar-refractivity contribution in [2.24, 2.45) is 0 Å². The van der Waals surface area contributed by atoms with E-state index < -0.39 is 0 Å². The van der Waals surface area contributed by atoms with Crippen LogP contribution < -0.4 is 10.1 Å². The van der Waals surface area contributed by atoms with Crippen LogP contribution in [-0.2, 0) is 17.9 Å². The van der Waals surface area contributed by atoms with Crippen molar-refractivity contribution in [1.29, 1.82) is 0 Å². The van der Waals surface area contributed by atoms with Crippen molar-refractivity contribution < 1.29 is 13.9 Å². The van der Waals surface area contributed by atoms with Crippen molar-refractivity contribution in [3.05, 3.63) is 70.8 Å². The van der Waals surface area contributed by atoms with Gasteiger partial charge in [0.25, 0.3) is 0 Å². The molecule has 0 aliphatic heterocycles. The lowest BCUT2D eigenvalue weighted by Crippen LogP contribution is -2.24. The second kappa shape index (κ2) is 9.64. The summed E-state index contributed by atoms with van der Waals surface area (Å²) in [6.07, 6.45) is 1.64. The Morgan fingerprint density at radius 2 is 2.07 bits per heavy atom. The molecule has 0 bridgehead atoms. The van der Waals surface area contributed by atoms with Gasteiger partial charge in [-0.25, -0.2) is 0 Å². The van der Waals surface area contributed by atoms with Crippen LogP contribution in [0.4, 0.5) is 0 Å². The molecular weight excluding hydrogens is 420 g/mol. The average Bonchev–Trinajstić information content (AvgIpc) is 3.54. The van der Waals surface area contributed by atoms with Crippen LogP contribution in [-0.4, -0.2) is 33.5 Å². The number of nitrogens with zero attached hydrogens (tertiary/aromatic N) is 3. The highest BCUT2D eigenvalue weighted by molar-refractivity contribution is 7.99. The van der Waals surface area contributed by atoms with Crippen LogP contribution in [0.5, 0.6) is 5.75 Å². The molecule has 9 heteroatoms. The Bertz CT molecular complexity index is 1070. The number of methoxy groups -OCH3 is 1. The van der Waals surface area contributed by atoms with Crippen molar-refractivity contribution in [2.45, 2.75) is 18.2 Å². The number of carbonyl (C=O) groups excluding carboxylic acids is 1. The van der Waals surface area contributed by atoms with E-state index in [0.29, 0.717) is 24.1 Å². The second-order valence-corrected chi connectivity index (χ2v) is 8.32. The van der Waals surface area contributed by atoms with Crippen LogP contribution >= 0.6 is 23.1 Å². The van der Waals surface area contributed by atoms with Crippen LogP contribution in [0.15, 0.2) is 69.7 Å². The summed E-state index contributed by atoms with van der Waals surface area (Å²) in [5.41, 5.74) is 0.906. The molecule has 0 spiro atoms. The largest absolute Gasteiger partial charge is 0.497 e. The molecule has 3 aromatic heterocycles. The molecule has 1 amide bonds. The number of benzene rings is 1. The standard InChI is InChI=1S/C21H20N4O3S2/c1-27-16-8-6-15(7-9-16)20-23-24-21(25(20)13-17-4-2-10-28-17)30-14-19(26)22-12-18-5-3-11-29-18/h2-11H,12-14H2,1H3,(H,22,26). The van der Waals surface area contributed by atoms with E-state index in [9.17, 15) is 4.79 Å². The van der Waals surface area contributed by atoms with Gasteiger partial charge >= 0.3 is 0 Å². The number of hydrogen-bond donors (Lipinski definition) is 1. The van der Waals surface area contributed by atoms with Crippen molar-refractivity contribution in [1.82, 2.24) is 20.1 Å². The Balaban J connectivity index is 1.50. The fraction of sp³-hybridized carbons (Fsp3) is 0.190. The first-order valence-electron chi connectivity index (χ1n) is 9.25. The molecule has 4 aromatic rings. The second-order valence-electron chi connectivity index (χ2n) is 6.34. The zero-order valence-electron chi connectivity index (χ0n) is 16.3. The van der Waals surface area contributed by atoms with E-state index >= 15 is 0 Å². The molecule has 4 rings (SSSR count). The smallest absolute Gasteiger partial charge is 0.230 e. The summed E-state index contributed by atoms with van der Waals surface area (Å²) >= 11 is 2.97. The van der Waals surface area contributed by atoms with Gasteiger partial charge in [-0.15, -0.1) is 21.5 Å². The molecule has 0 fully saturated rings. The molecule has 154 valence electrons. The molecule has 0 saturated carbocycles. The van der Waals surface area contributed by atoms with Crippen molar-refractivity contribution in [3.8, 4) is 17.1 Å². The quantitative estimate of drug-likeness (QED) is 0.395. The van der Waals surface area contributed by atoms with Crippen LogP contribution in [0.3, 0.4) is 0 Å². The van der Waals surface area contributed by atoms with Gasteiger partial charge in [0.15, 0.2) is 11.0 Å². The van der Waals surface area contributed by atoms with E-state index in [1.807, 2.05) is 58.5 Å². The van der Waals surface area contributed by atoms with Crippen molar-refractivity contribution >= 4 is 29.0 Å². The van der Waals surface area contributed by atoms with Gasteiger partial charge in [-0.05, 0) is 47.8 Å². The van der Waals surface area contributed by atoms with Crippen LogP contribution in [0.25, 0.3) is 11.4 Å². The van der Waals surface area contributed by atoms with Crippen LogP contribution in [0.2, 0.25) is 0 Å². The first kappa shape index (κ1) is 20.2. The normalized spacial score (nSPS) is 10.8. The fourth-order valence-corrected chi connectivity index (χ4v) is 4.24. The van der Waals surface area contributed by atoms with E-state index in [4.69, 9.17) is 9.15 Å². The molecule has 7 nitrogen and oxygen atoms in total. The molecule has 0 unspecified atom stereocenters. The number of ether oxygens (including phenoxy) is 1. The maximum atomic E-state index is 12.3. The van der Waals surface area contributed by atoms with Gasteiger partial charge in [0.2, 0.25) is 5.91 Å². The number of nitrogens with one attached hydrogen (secondary N) is 1. The van der Waals surface area contributed by atoms with Gasteiger partial charge in [-0.3, -0.25) is 9.36 Å². The number of aromatic nitrogens is 3. The zero-order chi connectivity index (χ0) is 20.8. The number of furan rings is 1. The summed E-state index contributed by atoms with van der Waals surface area (Å²) in [5, 5.41) is 14.3. The molecular formula is C21H20N4O3S2. The van der Waals surface area contributed by atoms with E-state index in [1.54, 1.807) is 24.7 Å². The molecule has 0 saturated heterocycles. The minimum Gasteiger partial charge on any atom is -0.497 e. The molecule has 0 aliphatic carbocycles. The lowest BCUT2D eigenvalue weighted by molar-refractivity contribution is -0.118. The number of amides is 1. The summed E-state index contributed by atoms with van der Waals surface area (Å²) in [5.74, 6) is 2.47. The van der Waals surface area contributed by atoms with Gasteiger partial charge in [0.05, 0.1) is 32.2 Å². The summed E-state index contributed by atoms with van der Waals surface area (Å²) in [6.45, 7) is 1.01. The van der Waals surface area contributed by atoms with Gasteiger partial charge < -0.3 is 14.5 Å². The third-order valence-electron chi connectivity index (χ3n) is 4.33. The summed E-state index contributed by atoms with van der Waals surface area (Å²) < 4.78 is 12.7. The highest BCUT2D eigenvalue weighted by atomic mass is 32.2. The van der Waals surface area contributed by atoms with E-state index in [0.717, 1.165) is 22.0 Å². The summed E-state index contributed by atoms with van der Waals surface area (Å²) in [7, 11) is 1.63. The number of carbonyl (C=O) groups is 1. The SMILES string of the molecule is COc1ccc(-c2nnc(SCC(=O)NCc3cccs3)n2Cc2ccco2)cc1. The first-order valence-corrected chi connectivity index (χ1v) is 11.1. The monoisotopic (exact) mass is 440 g/mol. The lowest BCUT2D eigenvalue weighted by Gasteiger charge is -2.09. The summed E-state index contributed by atoms with van der Waals surface area (Å²) in [6, 6.07) is 15.3. The van der Waals surface area contributed by atoms with E-state index in [1.165, 1.54) is 11.8 Å². The van der Waals surface area contributed by atoms with Gasteiger partial charge in [0, 0.05) is 10.4 Å².